The standard InChI is InChI=1S/C7H4ClFN2O2S/c8-7-10-5-2-1-4(9)3-6(5)14(12,13)11-7/h1-3H,(H,10,11). The van der Waals surface area contributed by atoms with Crippen molar-refractivity contribution < 1.29 is 12.8 Å². The van der Waals surface area contributed by atoms with E-state index in [0.29, 0.717) is 0 Å². The number of amidine groups is 1. The number of hydrogen-bond acceptors (Lipinski definition) is 3. The molecule has 0 saturated heterocycles. The minimum absolute atomic E-state index is 0.207. The fourth-order valence-corrected chi connectivity index (χ4v) is 2.49. The van der Waals surface area contributed by atoms with Gasteiger partial charge in [0.2, 0.25) is 5.29 Å². The number of rotatable bonds is 0. The summed E-state index contributed by atoms with van der Waals surface area (Å²) in [5.74, 6) is -0.637. The van der Waals surface area contributed by atoms with Crippen LogP contribution >= 0.6 is 11.6 Å². The van der Waals surface area contributed by atoms with Crippen molar-refractivity contribution >= 4 is 32.6 Å². The number of anilines is 1. The summed E-state index contributed by atoms with van der Waals surface area (Å²) in [4.78, 5) is -0.207. The van der Waals surface area contributed by atoms with Crippen molar-refractivity contribution in [2.45, 2.75) is 4.90 Å². The second-order valence-corrected chi connectivity index (χ2v) is 4.55. The molecule has 1 heterocycles. The van der Waals surface area contributed by atoms with Gasteiger partial charge in [-0.1, -0.05) is 0 Å². The number of nitrogens with one attached hydrogen (secondary N) is 1. The first-order valence-corrected chi connectivity index (χ1v) is 5.38. The Kier molecular flexibility index (Phi) is 1.97. The van der Waals surface area contributed by atoms with Gasteiger partial charge in [0.15, 0.2) is 0 Å². The van der Waals surface area contributed by atoms with Crippen molar-refractivity contribution in [3.63, 3.8) is 0 Å². The van der Waals surface area contributed by atoms with Gasteiger partial charge in [-0.15, -0.1) is 4.40 Å². The molecule has 1 N–H and O–H groups in total. The van der Waals surface area contributed by atoms with Crippen molar-refractivity contribution in [3.05, 3.63) is 24.0 Å². The molecule has 1 aromatic rings. The van der Waals surface area contributed by atoms with Crippen LogP contribution in [0.3, 0.4) is 0 Å². The highest BCUT2D eigenvalue weighted by Gasteiger charge is 2.24. The van der Waals surface area contributed by atoms with Crippen molar-refractivity contribution in [3.8, 4) is 0 Å². The van der Waals surface area contributed by atoms with Crippen LogP contribution in [0.2, 0.25) is 0 Å². The first-order chi connectivity index (χ1) is 6.49. The SMILES string of the molecule is O=S1(=O)N=C(Cl)Nc2ccc(F)cc21. The first kappa shape index (κ1) is 9.42. The Morgan fingerprint density at radius 1 is 1.43 bits per heavy atom. The number of nitrogens with zero attached hydrogens (tertiary/aromatic N) is 1. The predicted molar refractivity (Wildman–Crippen MR) is 50.5 cm³/mol. The molecular formula is C7H4ClFN2O2S. The lowest BCUT2D eigenvalue weighted by atomic mass is 10.3. The van der Waals surface area contributed by atoms with Crippen LogP contribution in [0.1, 0.15) is 0 Å². The Morgan fingerprint density at radius 3 is 2.86 bits per heavy atom. The zero-order valence-corrected chi connectivity index (χ0v) is 8.23. The molecule has 0 atom stereocenters. The Labute approximate surface area is 84.5 Å². The van der Waals surface area contributed by atoms with Gasteiger partial charge >= 0.3 is 0 Å². The van der Waals surface area contributed by atoms with Crippen LogP contribution in [-0.2, 0) is 10.0 Å². The molecule has 14 heavy (non-hydrogen) atoms. The van der Waals surface area contributed by atoms with Crippen LogP contribution in [0.5, 0.6) is 0 Å². The quantitative estimate of drug-likeness (QED) is 0.693. The topological polar surface area (TPSA) is 58.5 Å². The van der Waals surface area contributed by atoms with E-state index in [1.807, 2.05) is 0 Å². The summed E-state index contributed by atoms with van der Waals surface area (Å²) in [6.45, 7) is 0. The van der Waals surface area contributed by atoms with E-state index < -0.39 is 15.8 Å². The van der Waals surface area contributed by atoms with Gasteiger partial charge in [0.25, 0.3) is 10.0 Å². The van der Waals surface area contributed by atoms with Gasteiger partial charge in [-0.25, -0.2) is 4.39 Å². The smallest absolute Gasteiger partial charge is 0.287 e. The number of hydrogen-bond donors (Lipinski definition) is 1. The predicted octanol–water partition coefficient (Wildman–Crippen LogP) is 1.53. The fourth-order valence-electron chi connectivity index (χ4n) is 1.10. The van der Waals surface area contributed by atoms with Crippen molar-refractivity contribution in [1.29, 1.82) is 0 Å². The summed E-state index contributed by atoms with van der Waals surface area (Å²) in [6, 6.07) is 3.32. The van der Waals surface area contributed by atoms with Crippen LogP contribution in [0.25, 0.3) is 0 Å². The maximum atomic E-state index is 12.8. The van der Waals surface area contributed by atoms with Crippen molar-refractivity contribution in [2.75, 3.05) is 5.32 Å². The molecule has 0 aromatic heterocycles. The molecule has 1 aliphatic heterocycles. The fraction of sp³-hybridized carbons (Fsp3) is 0. The summed E-state index contributed by atoms with van der Waals surface area (Å²) in [6.07, 6.45) is 0. The second kappa shape index (κ2) is 2.93. The summed E-state index contributed by atoms with van der Waals surface area (Å²) >= 11 is 5.43. The van der Waals surface area contributed by atoms with E-state index >= 15 is 0 Å². The Morgan fingerprint density at radius 2 is 2.14 bits per heavy atom. The largest absolute Gasteiger partial charge is 0.329 e. The number of benzene rings is 1. The van der Waals surface area contributed by atoms with E-state index in [1.54, 1.807) is 0 Å². The third-order valence-electron chi connectivity index (χ3n) is 1.66. The van der Waals surface area contributed by atoms with Gasteiger partial charge in [-0.05, 0) is 29.8 Å². The molecule has 7 heteroatoms. The molecule has 0 bridgehead atoms. The molecule has 0 radical (unpaired) electrons. The highest BCUT2D eigenvalue weighted by atomic mass is 35.5. The molecular weight excluding hydrogens is 231 g/mol. The third-order valence-corrected chi connectivity index (χ3v) is 3.26. The molecule has 4 nitrogen and oxygen atoms in total. The summed E-state index contributed by atoms with van der Waals surface area (Å²) in [5.41, 5.74) is 0.228. The molecule has 0 saturated carbocycles. The molecule has 2 rings (SSSR count). The Balaban J connectivity index is 2.73. The van der Waals surface area contributed by atoms with Crippen LogP contribution in [0, 0.1) is 5.82 Å². The Bertz CT molecular complexity index is 526. The second-order valence-electron chi connectivity index (χ2n) is 2.62. The van der Waals surface area contributed by atoms with E-state index in [9.17, 15) is 12.8 Å². The van der Waals surface area contributed by atoms with Crippen LogP contribution < -0.4 is 5.32 Å². The minimum Gasteiger partial charge on any atom is -0.329 e. The van der Waals surface area contributed by atoms with Crippen LogP contribution in [0.4, 0.5) is 10.1 Å². The number of halogens is 2. The lowest BCUT2D eigenvalue weighted by Crippen LogP contribution is -2.16. The normalized spacial score (nSPS) is 18.0. The summed E-state index contributed by atoms with van der Waals surface area (Å²) in [5, 5.41) is 2.27. The highest BCUT2D eigenvalue weighted by molar-refractivity contribution is 7.90. The van der Waals surface area contributed by atoms with Gasteiger partial charge in [0, 0.05) is 0 Å². The van der Waals surface area contributed by atoms with Crippen molar-refractivity contribution in [2.24, 2.45) is 4.40 Å². The van der Waals surface area contributed by atoms with Gasteiger partial charge in [-0.2, -0.15) is 8.42 Å². The van der Waals surface area contributed by atoms with Gasteiger partial charge in [-0.3, -0.25) is 0 Å². The van der Waals surface area contributed by atoms with E-state index in [0.717, 1.165) is 12.1 Å². The van der Waals surface area contributed by atoms with Gasteiger partial charge in [0.1, 0.15) is 10.7 Å². The minimum atomic E-state index is -3.86. The number of sulfonamides is 1. The van der Waals surface area contributed by atoms with E-state index in [4.69, 9.17) is 11.6 Å². The monoisotopic (exact) mass is 234 g/mol. The third kappa shape index (κ3) is 1.46. The lowest BCUT2D eigenvalue weighted by Gasteiger charge is -2.13. The van der Waals surface area contributed by atoms with E-state index in [2.05, 4.69) is 9.71 Å². The highest BCUT2D eigenvalue weighted by Crippen LogP contribution is 2.28. The molecule has 74 valence electrons. The molecule has 0 spiro atoms. The van der Waals surface area contributed by atoms with Gasteiger partial charge in [0.05, 0.1) is 5.69 Å². The molecule has 0 amide bonds. The lowest BCUT2D eigenvalue weighted by molar-refractivity contribution is 0.592. The molecule has 0 unspecified atom stereocenters. The molecule has 1 aliphatic rings. The molecule has 1 aromatic carbocycles. The van der Waals surface area contributed by atoms with E-state index in [-0.39, 0.29) is 15.9 Å². The zero-order chi connectivity index (χ0) is 10.3. The average Bonchev–Trinajstić information content (AvgIpc) is 2.05. The maximum absolute atomic E-state index is 12.8. The van der Waals surface area contributed by atoms with Crippen molar-refractivity contribution in [1.82, 2.24) is 0 Å². The molecule has 0 aliphatic carbocycles. The summed E-state index contributed by atoms with van der Waals surface area (Å²) < 4.78 is 38.6. The van der Waals surface area contributed by atoms with Crippen LogP contribution in [-0.4, -0.2) is 13.7 Å². The number of fused-ring (bicyclic) bond motifs is 1. The maximum Gasteiger partial charge on any atom is 0.287 e. The average molecular weight is 235 g/mol. The van der Waals surface area contributed by atoms with Crippen LogP contribution in [0.15, 0.2) is 27.5 Å². The first-order valence-electron chi connectivity index (χ1n) is 3.56. The molecule has 0 fully saturated rings. The Hall–Kier alpha value is -1.14. The summed E-state index contributed by atoms with van der Waals surface area (Å²) in [7, 11) is -3.86. The van der Waals surface area contributed by atoms with E-state index in [1.165, 1.54) is 6.07 Å². The zero-order valence-electron chi connectivity index (χ0n) is 6.66. The van der Waals surface area contributed by atoms with Gasteiger partial charge < -0.3 is 5.32 Å².